The molecule has 0 spiro atoms. The third-order valence-corrected chi connectivity index (χ3v) is 5.12. The smallest absolute Gasteiger partial charge is 0.352 e. The van der Waals surface area contributed by atoms with Crippen LogP contribution in [0.25, 0.3) is 0 Å². The summed E-state index contributed by atoms with van der Waals surface area (Å²) in [5, 5.41) is 9.20. The first kappa shape index (κ1) is 14.9. The molecular formula is C14H16N3O4S+. The topological polar surface area (TPSA) is 96.7 Å². The Kier molecular flexibility index (Phi) is 3.79. The van der Waals surface area contributed by atoms with Gasteiger partial charge in [0.25, 0.3) is 0 Å². The predicted molar refractivity (Wildman–Crippen MR) is 78.9 cm³/mol. The largest absolute Gasteiger partial charge is 0.496 e. The van der Waals surface area contributed by atoms with E-state index in [1.807, 2.05) is 17.0 Å². The van der Waals surface area contributed by atoms with E-state index in [0.29, 0.717) is 17.9 Å². The second kappa shape index (κ2) is 5.62. The molecule has 1 unspecified atom stereocenters. The number of carbonyl (C=O) groups is 2. The van der Waals surface area contributed by atoms with Gasteiger partial charge in [0.2, 0.25) is 5.91 Å². The van der Waals surface area contributed by atoms with E-state index in [4.69, 9.17) is 10.5 Å². The average Bonchev–Trinajstić information content (AvgIpc) is 2.54. The molecule has 0 bridgehead atoms. The molecule has 0 aliphatic carbocycles. The Morgan fingerprint density at radius 3 is 2.82 bits per heavy atom. The minimum Gasteiger partial charge on any atom is -0.496 e. The molecule has 1 aromatic rings. The number of β-lactam (4-membered cyclic amide) rings is 1. The summed E-state index contributed by atoms with van der Waals surface area (Å²) >= 11 is 1.50. The molecular weight excluding hydrogens is 306 g/mol. The van der Waals surface area contributed by atoms with Crippen LogP contribution < -0.4 is 15.0 Å². The number of ether oxygens (including phenoxy) is 1. The molecule has 1 aromatic heterocycles. The number of carboxylic acid groups (broad SMARTS) is 1. The van der Waals surface area contributed by atoms with E-state index in [1.165, 1.54) is 16.7 Å². The molecule has 2 aliphatic heterocycles. The fraction of sp³-hybridized carbons (Fsp3) is 0.357. The highest BCUT2D eigenvalue weighted by atomic mass is 32.2. The highest BCUT2D eigenvalue weighted by Crippen LogP contribution is 2.39. The van der Waals surface area contributed by atoms with Crippen LogP contribution in [0, 0.1) is 0 Å². The monoisotopic (exact) mass is 322 g/mol. The molecule has 8 heteroatoms. The maximum Gasteiger partial charge on any atom is 0.352 e. The van der Waals surface area contributed by atoms with E-state index in [1.54, 1.807) is 19.2 Å². The van der Waals surface area contributed by atoms with Gasteiger partial charge in [-0.3, -0.25) is 9.69 Å². The van der Waals surface area contributed by atoms with Gasteiger partial charge in [0.1, 0.15) is 22.9 Å². The van der Waals surface area contributed by atoms with Gasteiger partial charge in [-0.1, -0.05) is 0 Å². The minimum atomic E-state index is -1.09. The maximum atomic E-state index is 11.9. The molecule has 0 aromatic carbocycles. The molecule has 3 rings (SSSR count). The molecule has 1 amide bonds. The zero-order chi connectivity index (χ0) is 15.9. The Balaban J connectivity index is 1.89. The van der Waals surface area contributed by atoms with Gasteiger partial charge in [0, 0.05) is 23.5 Å². The molecule has 1 saturated heterocycles. The Bertz CT molecular complexity index is 659. The van der Waals surface area contributed by atoms with Gasteiger partial charge in [0.15, 0.2) is 18.9 Å². The third kappa shape index (κ3) is 2.34. The number of hydrogen-bond acceptors (Lipinski definition) is 5. The molecule has 2 aliphatic rings. The average molecular weight is 322 g/mol. The molecule has 2 atom stereocenters. The van der Waals surface area contributed by atoms with E-state index < -0.39 is 12.0 Å². The van der Waals surface area contributed by atoms with Crippen molar-refractivity contribution in [2.45, 2.75) is 18.0 Å². The number of nitrogens with zero attached hydrogens (tertiary/aromatic N) is 2. The van der Waals surface area contributed by atoms with Gasteiger partial charge in [-0.15, -0.1) is 11.8 Å². The van der Waals surface area contributed by atoms with Crippen molar-refractivity contribution in [2.24, 2.45) is 5.73 Å². The predicted octanol–water partition coefficient (Wildman–Crippen LogP) is -0.436. The Labute approximate surface area is 131 Å². The lowest BCUT2D eigenvalue weighted by molar-refractivity contribution is -0.689. The van der Waals surface area contributed by atoms with Crippen LogP contribution in [-0.4, -0.2) is 46.2 Å². The Hall–Kier alpha value is -2.06. The van der Waals surface area contributed by atoms with E-state index in [2.05, 4.69) is 0 Å². The number of hydrogen-bond donors (Lipinski definition) is 2. The van der Waals surface area contributed by atoms with Gasteiger partial charge in [-0.05, 0) is 0 Å². The molecule has 3 heterocycles. The molecule has 0 radical (unpaired) electrons. The number of fused-ring (bicyclic) bond motifs is 1. The minimum absolute atomic E-state index is 0.0683. The summed E-state index contributed by atoms with van der Waals surface area (Å²) in [6.45, 7) is 0.407. The van der Waals surface area contributed by atoms with Crippen LogP contribution in [0.5, 0.6) is 5.75 Å². The Morgan fingerprint density at radius 2 is 2.23 bits per heavy atom. The zero-order valence-electron chi connectivity index (χ0n) is 11.9. The number of amides is 1. The van der Waals surface area contributed by atoms with Crippen molar-refractivity contribution in [3.63, 3.8) is 0 Å². The molecule has 116 valence electrons. The fourth-order valence-corrected chi connectivity index (χ4v) is 3.89. The number of thioether (sulfide) groups is 1. The number of rotatable bonds is 4. The lowest BCUT2D eigenvalue weighted by Gasteiger charge is -2.47. The molecule has 22 heavy (non-hydrogen) atoms. The third-order valence-electron chi connectivity index (χ3n) is 3.76. The number of carbonyl (C=O) groups excluding carboxylic acids is 1. The molecule has 1 fully saturated rings. The quantitative estimate of drug-likeness (QED) is 0.576. The van der Waals surface area contributed by atoms with Crippen LogP contribution in [0.15, 0.2) is 35.8 Å². The van der Waals surface area contributed by atoms with Gasteiger partial charge >= 0.3 is 5.97 Å². The summed E-state index contributed by atoms with van der Waals surface area (Å²) < 4.78 is 6.95. The van der Waals surface area contributed by atoms with Crippen LogP contribution in [0.3, 0.4) is 0 Å². The highest BCUT2D eigenvalue weighted by molar-refractivity contribution is 8.00. The highest BCUT2D eigenvalue weighted by Gasteiger charge is 2.52. The first-order valence-corrected chi connectivity index (χ1v) is 7.76. The van der Waals surface area contributed by atoms with Gasteiger partial charge in [-0.25, -0.2) is 9.36 Å². The van der Waals surface area contributed by atoms with Crippen molar-refractivity contribution in [2.75, 3.05) is 12.9 Å². The summed E-state index contributed by atoms with van der Waals surface area (Å²) in [4.78, 5) is 24.7. The second-order valence-corrected chi connectivity index (χ2v) is 6.21. The number of aromatic nitrogens is 1. The van der Waals surface area contributed by atoms with Gasteiger partial charge in [0.05, 0.1) is 7.11 Å². The molecule has 0 saturated carbocycles. The van der Waals surface area contributed by atoms with Crippen LogP contribution in [0.2, 0.25) is 0 Å². The van der Waals surface area contributed by atoms with E-state index in [9.17, 15) is 14.7 Å². The lowest BCUT2D eigenvalue weighted by atomic mass is 10.0. The van der Waals surface area contributed by atoms with Crippen molar-refractivity contribution in [1.82, 2.24) is 4.90 Å². The first-order chi connectivity index (χ1) is 10.5. The summed E-state index contributed by atoms with van der Waals surface area (Å²) in [5.74, 6) is -0.143. The van der Waals surface area contributed by atoms with Crippen molar-refractivity contribution in [1.29, 1.82) is 0 Å². The number of nitrogens with two attached hydrogens (primary N) is 1. The zero-order valence-corrected chi connectivity index (χ0v) is 12.7. The van der Waals surface area contributed by atoms with Crippen LogP contribution in [0.4, 0.5) is 0 Å². The number of pyridine rings is 1. The van der Waals surface area contributed by atoms with E-state index in [0.717, 1.165) is 5.75 Å². The Morgan fingerprint density at radius 1 is 1.55 bits per heavy atom. The van der Waals surface area contributed by atoms with E-state index in [-0.39, 0.29) is 17.0 Å². The van der Waals surface area contributed by atoms with Crippen LogP contribution in [0.1, 0.15) is 0 Å². The summed E-state index contributed by atoms with van der Waals surface area (Å²) in [5.41, 5.74) is 6.49. The number of aliphatic carboxylic acids is 1. The summed E-state index contributed by atoms with van der Waals surface area (Å²) in [6.07, 6.45) is 3.62. The lowest BCUT2D eigenvalue weighted by Crippen LogP contribution is -2.68. The van der Waals surface area contributed by atoms with Crippen molar-refractivity contribution in [3.8, 4) is 5.75 Å². The van der Waals surface area contributed by atoms with Gasteiger partial charge < -0.3 is 15.6 Å². The number of carboxylic acids is 1. The second-order valence-electron chi connectivity index (χ2n) is 5.10. The summed E-state index contributed by atoms with van der Waals surface area (Å²) in [6, 6.07) is 2.99. The van der Waals surface area contributed by atoms with Crippen molar-refractivity contribution < 1.29 is 24.0 Å². The van der Waals surface area contributed by atoms with E-state index >= 15 is 0 Å². The standard InChI is InChI=1S/C14H15N3O4S/c1-21-9-2-4-16(5-3-9)6-8-7-22-13-10(15)12(18)17(13)11(8)14(19)20/h2-5,10,13H,6-7,15H2,1H3/p+1/t10?,13-/m1/s1. The van der Waals surface area contributed by atoms with Crippen LogP contribution >= 0.6 is 11.8 Å². The fourth-order valence-electron chi connectivity index (χ4n) is 2.61. The SMILES string of the molecule is COc1cc[n+](CC2=C(C(=O)O)N3C(=O)C(N)[C@H]3SC2)cc1. The summed E-state index contributed by atoms with van der Waals surface area (Å²) in [7, 11) is 1.58. The molecule has 7 nitrogen and oxygen atoms in total. The van der Waals surface area contributed by atoms with Crippen molar-refractivity contribution in [3.05, 3.63) is 35.8 Å². The maximum absolute atomic E-state index is 11.9. The normalized spacial score (nSPS) is 23.9. The number of methoxy groups -OCH3 is 1. The van der Waals surface area contributed by atoms with Crippen molar-refractivity contribution >= 4 is 23.6 Å². The molecule has 3 N–H and O–H groups in total. The van der Waals surface area contributed by atoms with Gasteiger partial charge in [-0.2, -0.15) is 0 Å². The first-order valence-electron chi connectivity index (χ1n) is 6.71. The van der Waals surface area contributed by atoms with Crippen LogP contribution in [-0.2, 0) is 16.1 Å².